The molecule has 1 spiro atoms. The summed E-state index contributed by atoms with van der Waals surface area (Å²) in [6, 6.07) is 12.3. The second-order valence-corrected chi connectivity index (χ2v) is 15.4. The van der Waals surface area contributed by atoms with Gasteiger partial charge in [0, 0.05) is 21.2 Å². The van der Waals surface area contributed by atoms with Gasteiger partial charge < -0.3 is 16.0 Å². The third-order valence-electron chi connectivity index (χ3n) is 8.98. The predicted molar refractivity (Wildman–Crippen MR) is 181 cm³/mol. The van der Waals surface area contributed by atoms with Gasteiger partial charge in [0.1, 0.15) is 17.2 Å². The third-order valence-corrected chi connectivity index (χ3v) is 9.42. The highest BCUT2D eigenvalue weighted by molar-refractivity contribution is 6.47. The highest BCUT2D eigenvalue weighted by Gasteiger charge is 2.52. The Morgan fingerprint density at radius 3 is 2.22 bits per heavy atom. The van der Waals surface area contributed by atoms with Crippen molar-refractivity contribution in [2.24, 2.45) is 37.8 Å². The van der Waals surface area contributed by atoms with Crippen LogP contribution in [0.3, 0.4) is 0 Å². The standard InChI is InChI=1S/C34H45Cl2N7O2/c1-32(2,3)14-13-27(21-7-9-22(10-8-21)30(44)39-20-28(37)41-42-38)43-31(45)29(23-17-25(35)19-26(36)18-23)40-34(43)15-11-24(12-16-34)33(4,5)6/h7-10,17-19,24,27H,11-16,20H2,1-6H3,(H,39,44)(H3,37,38,41). The molecule has 2 aliphatic rings. The first-order chi connectivity index (χ1) is 21.0. The van der Waals surface area contributed by atoms with Gasteiger partial charge in [-0.3, -0.25) is 14.6 Å². The second kappa shape index (κ2) is 13.6. The Labute approximate surface area is 276 Å². The topological polar surface area (TPSA) is 136 Å². The number of carbonyl (C=O) groups is 2. The highest BCUT2D eigenvalue weighted by atomic mass is 35.5. The van der Waals surface area contributed by atoms with Gasteiger partial charge in [-0.15, -0.1) is 5.10 Å². The summed E-state index contributed by atoms with van der Waals surface area (Å²) in [5, 5.41) is 9.92. The van der Waals surface area contributed by atoms with Crippen LogP contribution in [-0.4, -0.2) is 40.5 Å². The van der Waals surface area contributed by atoms with E-state index in [2.05, 4.69) is 57.2 Å². The maximum atomic E-state index is 14.6. The van der Waals surface area contributed by atoms with Crippen LogP contribution >= 0.6 is 23.2 Å². The number of benzene rings is 2. The van der Waals surface area contributed by atoms with Gasteiger partial charge in [0.25, 0.3) is 11.8 Å². The molecule has 1 saturated carbocycles. The molecule has 1 atom stereocenters. The molecule has 2 aromatic rings. The Morgan fingerprint density at radius 2 is 1.69 bits per heavy atom. The number of halogens is 2. The summed E-state index contributed by atoms with van der Waals surface area (Å²) in [6.45, 7) is 13.4. The molecule has 0 aromatic heterocycles. The Morgan fingerprint density at radius 1 is 1.09 bits per heavy atom. The molecule has 1 unspecified atom stereocenters. The van der Waals surface area contributed by atoms with Crippen LogP contribution in [0.25, 0.3) is 0 Å². The first-order valence-electron chi connectivity index (χ1n) is 15.5. The lowest BCUT2D eigenvalue weighted by atomic mass is 9.69. The largest absolute Gasteiger partial charge is 0.384 e. The van der Waals surface area contributed by atoms with Crippen molar-refractivity contribution in [2.75, 3.05) is 6.54 Å². The Hall–Kier alpha value is -3.30. The molecule has 45 heavy (non-hydrogen) atoms. The maximum Gasteiger partial charge on any atom is 0.275 e. The Bertz CT molecular complexity index is 1460. The third kappa shape index (κ3) is 8.30. The van der Waals surface area contributed by atoms with Crippen molar-refractivity contribution in [1.82, 2.24) is 10.2 Å². The molecule has 2 amide bonds. The van der Waals surface area contributed by atoms with E-state index in [9.17, 15) is 9.59 Å². The average molecular weight is 655 g/mol. The molecule has 9 nitrogen and oxygen atoms in total. The summed E-state index contributed by atoms with van der Waals surface area (Å²) in [7, 11) is 0. The number of amides is 2. The summed E-state index contributed by atoms with van der Waals surface area (Å²) in [5.41, 5.74) is 14.4. The van der Waals surface area contributed by atoms with Gasteiger partial charge in [0.2, 0.25) is 0 Å². The van der Waals surface area contributed by atoms with Gasteiger partial charge in [-0.05, 0) is 91.2 Å². The zero-order chi connectivity index (χ0) is 33.2. The smallest absolute Gasteiger partial charge is 0.275 e. The minimum Gasteiger partial charge on any atom is -0.384 e. The lowest BCUT2D eigenvalue weighted by Gasteiger charge is -2.47. The number of nitrogens with one attached hydrogen (secondary N) is 2. The predicted octanol–water partition coefficient (Wildman–Crippen LogP) is 8.16. The number of carbonyl (C=O) groups excluding carboxylic acids is 2. The van der Waals surface area contributed by atoms with Crippen molar-refractivity contribution in [2.45, 2.75) is 91.8 Å². The van der Waals surface area contributed by atoms with Gasteiger partial charge in [-0.1, -0.05) is 82.1 Å². The zero-order valence-electron chi connectivity index (χ0n) is 27.1. The van der Waals surface area contributed by atoms with Crippen LogP contribution in [0.15, 0.2) is 57.8 Å². The van der Waals surface area contributed by atoms with Crippen molar-refractivity contribution >= 4 is 46.6 Å². The molecular weight excluding hydrogens is 609 g/mol. The molecule has 2 aromatic carbocycles. The van der Waals surface area contributed by atoms with Crippen LogP contribution in [0.1, 0.15) is 108 Å². The number of aliphatic imine (C=N–C) groups is 1. The average Bonchev–Trinajstić information content (AvgIpc) is 3.22. The number of nitrogens with zero attached hydrogens (tertiary/aromatic N) is 4. The molecule has 1 aliphatic carbocycles. The van der Waals surface area contributed by atoms with E-state index in [0.29, 0.717) is 32.8 Å². The number of hydrogen-bond acceptors (Lipinski definition) is 5. The van der Waals surface area contributed by atoms with Gasteiger partial charge in [-0.2, -0.15) is 5.53 Å². The van der Waals surface area contributed by atoms with E-state index in [1.54, 1.807) is 30.3 Å². The van der Waals surface area contributed by atoms with Crippen molar-refractivity contribution in [3.8, 4) is 0 Å². The SMILES string of the molecule is CC(C)(C)CCC(c1ccc(C(=O)NCC(N)=NN=N)cc1)N1C(=O)C(c2cc(Cl)cc(Cl)c2)=NC12CCC(C(C)(C)C)CC2. The fourth-order valence-electron chi connectivity index (χ4n) is 6.47. The van der Waals surface area contributed by atoms with Crippen LogP contribution < -0.4 is 11.1 Å². The monoisotopic (exact) mass is 653 g/mol. The van der Waals surface area contributed by atoms with Crippen LogP contribution in [0, 0.1) is 22.3 Å². The van der Waals surface area contributed by atoms with E-state index >= 15 is 0 Å². The molecule has 1 fully saturated rings. The van der Waals surface area contributed by atoms with Crippen molar-refractivity contribution in [3.63, 3.8) is 0 Å². The lowest BCUT2D eigenvalue weighted by molar-refractivity contribution is -0.134. The van der Waals surface area contributed by atoms with E-state index < -0.39 is 5.66 Å². The van der Waals surface area contributed by atoms with E-state index in [4.69, 9.17) is 39.5 Å². The summed E-state index contributed by atoms with van der Waals surface area (Å²) in [6.07, 6.45) is 5.06. The molecule has 242 valence electrons. The van der Waals surface area contributed by atoms with E-state index in [0.717, 1.165) is 44.1 Å². The second-order valence-electron chi connectivity index (χ2n) is 14.5. The van der Waals surface area contributed by atoms with Gasteiger partial charge in [-0.25, -0.2) is 0 Å². The molecule has 1 heterocycles. The minimum atomic E-state index is -0.693. The zero-order valence-corrected chi connectivity index (χ0v) is 28.6. The molecule has 0 bridgehead atoms. The summed E-state index contributed by atoms with van der Waals surface area (Å²) in [5.74, 6) is 0.110. The molecular formula is C34H45Cl2N7O2. The molecule has 1 aliphatic heterocycles. The van der Waals surface area contributed by atoms with Crippen LogP contribution in [0.4, 0.5) is 0 Å². The number of amidine groups is 1. The fraction of sp³-hybridized carbons (Fsp3) is 0.529. The number of hydrogen-bond donors (Lipinski definition) is 3. The first-order valence-corrected chi connectivity index (χ1v) is 16.3. The fourth-order valence-corrected chi connectivity index (χ4v) is 6.99. The normalized spacial score (nSPS) is 21.6. The van der Waals surface area contributed by atoms with Gasteiger partial charge >= 0.3 is 0 Å². The first kappa shape index (κ1) is 34.6. The molecule has 0 saturated heterocycles. The lowest BCUT2D eigenvalue weighted by Crippen LogP contribution is -2.51. The van der Waals surface area contributed by atoms with E-state index in [1.807, 2.05) is 17.0 Å². The van der Waals surface area contributed by atoms with Crippen LogP contribution in [-0.2, 0) is 4.79 Å². The Balaban J connectivity index is 1.74. The van der Waals surface area contributed by atoms with Crippen LogP contribution in [0.2, 0.25) is 10.0 Å². The van der Waals surface area contributed by atoms with Crippen molar-refractivity contribution < 1.29 is 9.59 Å². The van der Waals surface area contributed by atoms with Gasteiger partial charge in [0.15, 0.2) is 0 Å². The molecule has 0 radical (unpaired) electrons. The molecule has 4 rings (SSSR count). The minimum absolute atomic E-state index is 0.0227. The maximum absolute atomic E-state index is 14.6. The Kier molecular flexibility index (Phi) is 10.4. The van der Waals surface area contributed by atoms with Gasteiger partial charge in [0.05, 0.1) is 12.6 Å². The highest BCUT2D eigenvalue weighted by Crippen LogP contribution is 2.50. The van der Waals surface area contributed by atoms with E-state index in [-0.39, 0.29) is 41.1 Å². The molecule has 11 heteroatoms. The summed E-state index contributed by atoms with van der Waals surface area (Å²) in [4.78, 5) is 34.7. The number of rotatable bonds is 9. The van der Waals surface area contributed by atoms with Crippen LogP contribution in [0.5, 0.6) is 0 Å². The van der Waals surface area contributed by atoms with Crippen molar-refractivity contribution in [3.05, 3.63) is 69.2 Å². The quantitative estimate of drug-likeness (QED) is 0.109. The number of nitrogens with two attached hydrogens (primary N) is 1. The van der Waals surface area contributed by atoms with Crippen molar-refractivity contribution in [1.29, 1.82) is 5.53 Å². The summed E-state index contributed by atoms with van der Waals surface area (Å²) >= 11 is 12.8. The summed E-state index contributed by atoms with van der Waals surface area (Å²) < 4.78 is 0. The molecule has 4 N–H and O–H groups in total. The van der Waals surface area contributed by atoms with E-state index in [1.165, 1.54) is 0 Å².